The van der Waals surface area contributed by atoms with Crippen molar-refractivity contribution in [1.82, 2.24) is 19.5 Å². The summed E-state index contributed by atoms with van der Waals surface area (Å²) < 4.78 is 18.6. The number of carbonyl (C=O) groups excluding carboxylic acids is 1. The first-order valence-corrected chi connectivity index (χ1v) is 9.89. The fourth-order valence-electron chi connectivity index (χ4n) is 3.63. The Morgan fingerprint density at radius 2 is 1.78 bits per heavy atom. The largest absolute Gasteiger partial charge is 0.480 e. The molecule has 168 valence electrons. The van der Waals surface area contributed by atoms with Gasteiger partial charge in [-0.15, -0.1) is 0 Å². The molecule has 32 heavy (non-hydrogen) atoms. The summed E-state index contributed by atoms with van der Waals surface area (Å²) in [5, 5.41) is 11.5. The zero-order valence-corrected chi connectivity index (χ0v) is 18.3. The third-order valence-corrected chi connectivity index (χ3v) is 5.33. The summed E-state index contributed by atoms with van der Waals surface area (Å²) in [4.78, 5) is 35.6. The summed E-state index contributed by atoms with van der Waals surface area (Å²) in [7, 11) is 0. The van der Waals surface area contributed by atoms with Gasteiger partial charge >= 0.3 is 12.1 Å². The summed E-state index contributed by atoms with van der Waals surface area (Å²) >= 11 is 0. The van der Waals surface area contributed by atoms with Gasteiger partial charge in [0.2, 0.25) is 5.79 Å². The minimum atomic E-state index is -1.04. The average Bonchev–Trinajstić information content (AvgIpc) is 3.27. The third kappa shape index (κ3) is 3.77. The Kier molecular flexibility index (Phi) is 5.11. The molecule has 1 aliphatic heterocycles. The fourth-order valence-corrected chi connectivity index (χ4v) is 3.63. The number of nitrogens with zero attached hydrogens (tertiary/aromatic N) is 4. The van der Waals surface area contributed by atoms with Gasteiger partial charge in [-0.25, -0.2) is 19.7 Å². The summed E-state index contributed by atoms with van der Waals surface area (Å²) in [6.07, 6.45) is 1.82. The lowest BCUT2D eigenvalue weighted by molar-refractivity contribution is -0.137. The Balaban J connectivity index is 1.52. The third-order valence-electron chi connectivity index (χ3n) is 5.33. The van der Waals surface area contributed by atoms with Crippen LogP contribution in [-0.2, 0) is 22.7 Å². The minimum Gasteiger partial charge on any atom is -0.480 e. The molecule has 0 atom stereocenters. The van der Waals surface area contributed by atoms with Crippen molar-refractivity contribution < 1.29 is 28.9 Å². The first-order valence-electron chi connectivity index (χ1n) is 9.89. The highest BCUT2D eigenvalue weighted by atomic mass is 16.7. The normalized spacial score (nSPS) is 13.9. The zero-order valence-electron chi connectivity index (χ0n) is 18.3. The molecule has 3 aromatic rings. The molecule has 0 unspecified atom stereocenters. The van der Waals surface area contributed by atoms with Crippen LogP contribution in [0.2, 0.25) is 0 Å². The van der Waals surface area contributed by atoms with Crippen LogP contribution >= 0.6 is 0 Å². The summed E-state index contributed by atoms with van der Waals surface area (Å²) in [6.45, 7) is 9.16. The van der Waals surface area contributed by atoms with Crippen LogP contribution in [0.15, 0.2) is 12.7 Å². The van der Waals surface area contributed by atoms with E-state index in [-0.39, 0.29) is 24.5 Å². The van der Waals surface area contributed by atoms with Crippen molar-refractivity contribution in [3.8, 4) is 11.5 Å². The summed E-state index contributed by atoms with van der Waals surface area (Å²) in [5.74, 6) is -0.313. The molecule has 2 aromatic heterocycles. The molecule has 11 nitrogen and oxygen atoms in total. The summed E-state index contributed by atoms with van der Waals surface area (Å²) in [5.41, 5.74) is 4.11. The van der Waals surface area contributed by atoms with Gasteiger partial charge in [-0.1, -0.05) is 0 Å². The number of hydrogen-bond acceptors (Lipinski definition) is 8. The van der Waals surface area contributed by atoms with Crippen LogP contribution in [-0.4, -0.2) is 42.5 Å². The van der Waals surface area contributed by atoms with Crippen molar-refractivity contribution in [2.75, 3.05) is 5.32 Å². The number of nitrogens with one attached hydrogen (secondary N) is 1. The van der Waals surface area contributed by atoms with Crippen LogP contribution in [0.3, 0.4) is 0 Å². The van der Waals surface area contributed by atoms with Crippen LogP contribution in [0.25, 0.3) is 11.2 Å². The average molecular weight is 441 g/mol. The van der Waals surface area contributed by atoms with Crippen molar-refractivity contribution in [1.29, 1.82) is 0 Å². The molecule has 0 bridgehead atoms. The smallest absolute Gasteiger partial charge is 0.413 e. The van der Waals surface area contributed by atoms with Gasteiger partial charge in [0.25, 0.3) is 0 Å². The number of aliphatic carboxylic acids is 1. The molecule has 0 radical (unpaired) electrons. The number of aromatic nitrogens is 4. The molecule has 1 aromatic carbocycles. The molecule has 1 aliphatic rings. The van der Waals surface area contributed by atoms with Gasteiger partial charge < -0.3 is 23.9 Å². The Hall–Kier alpha value is -3.89. The lowest BCUT2D eigenvalue weighted by atomic mass is 9.97. The second-order valence-electron chi connectivity index (χ2n) is 7.98. The van der Waals surface area contributed by atoms with Crippen LogP contribution in [0, 0.1) is 20.8 Å². The number of benzene rings is 1. The molecule has 0 fully saturated rings. The van der Waals surface area contributed by atoms with Crippen molar-refractivity contribution in [2.45, 2.75) is 53.6 Å². The van der Waals surface area contributed by atoms with E-state index in [1.54, 1.807) is 0 Å². The van der Waals surface area contributed by atoms with Gasteiger partial charge in [-0.05, 0) is 37.5 Å². The molecule has 11 heteroatoms. The quantitative estimate of drug-likeness (QED) is 0.611. The van der Waals surface area contributed by atoms with Gasteiger partial charge in [0, 0.05) is 19.4 Å². The SMILES string of the molecule is Cc1c(C)c2c(c(C)c1COC(=O)Nc1ncnc3c1ncn3CC(=O)O)OC(C)(C)O2. The van der Waals surface area contributed by atoms with E-state index in [1.807, 2.05) is 34.6 Å². The number of rotatable bonds is 5. The lowest BCUT2D eigenvalue weighted by Gasteiger charge is -2.16. The number of hydrogen-bond donors (Lipinski definition) is 2. The van der Waals surface area contributed by atoms with Crippen LogP contribution in [0.5, 0.6) is 11.5 Å². The highest BCUT2D eigenvalue weighted by Gasteiger charge is 2.36. The predicted molar refractivity (Wildman–Crippen MR) is 113 cm³/mol. The van der Waals surface area contributed by atoms with Crippen molar-refractivity contribution in [3.63, 3.8) is 0 Å². The van der Waals surface area contributed by atoms with Gasteiger partial charge in [0.15, 0.2) is 28.5 Å². The van der Waals surface area contributed by atoms with Crippen LogP contribution in [0.1, 0.15) is 36.1 Å². The topological polar surface area (TPSA) is 138 Å². The van der Waals surface area contributed by atoms with E-state index in [4.69, 9.17) is 19.3 Å². The molecule has 0 saturated carbocycles. The van der Waals surface area contributed by atoms with Gasteiger partial charge in [-0.3, -0.25) is 10.1 Å². The molecule has 4 rings (SSSR count). The maximum absolute atomic E-state index is 12.5. The Bertz CT molecular complexity index is 1250. The van der Waals surface area contributed by atoms with E-state index in [9.17, 15) is 9.59 Å². The molecule has 0 spiro atoms. The number of ether oxygens (including phenoxy) is 3. The minimum absolute atomic E-state index is 0.0170. The number of carboxylic acid groups (broad SMARTS) is 1. The Labute approximate surface area is 183 Å². The second kappa shape index (κ2) is 7.66. The maximum Gasteiger partial charge on any atom is 0.413 e. The molecule has 3 heterocycles. The number of anilines is 1. The predicted octanol–water partition coefficient (Wildman–Crippen LogP) is 3.09. The Morgan fingerprint density at radius 3 is 2.47 bits per heavy atom. The molecular weight excluding hydrogens is 418 g/mol. The van der Waals surface area contributed by atoms with Gasteiger partial charge in [0.1, 0.15) is 19.5 Å². The van der Waals surface area contributed by atoms with Crippen molar-refractivity contribution in [3.05, 3.63) is 34.9 Å². The van der Waals surface area contributed by atoms with E-state index in [0.29, 0.717) is 17.1 Å². The molecule has 0 aliphatic carbocycles. The number of imidazole rings is 1. The number of carbonyl (C=O) groups is 2. The van der Waals surface area contributed by atoms with E-state index < -0.39 is 17.8 Å². The van der Waals surface area contributed by atoms with E-state index in [2.05, 4.69) is 20.3 Å². The van der Waals surface area contributed by atoms with E-state index >= 15 is 0 Å². The standard InChI is InChI=1S/C21H23N5O6/c1-10-11(2)16-17(32-21(4,5)31-16)12(3)13(10)7-30-20(29)25-18-15-19(23-8-22-18)26(9-24-15)6-14(27)28/h8-9H,6-7H2,1-5H3,(H,27,28)(H,22,23,25,29). The maximum atomic E-state index is 12.5. The highest BCUT2D eigenvalue weighted by molar-refractivity contribution is 5.93. The Morgan fingerprint density at radius 1 is 1.09 bits per heavy atom. The summed E-state index contributed by atoms with van der Waals surface area (Å²) in [6, 6.07) is 0. The van der Waals surface area contributed by atoms with E-state index in [0.717, 1.165) is 22.3 Å². The number of amides is 1. The second-order valence-corrected chi connectivity index (χ2v) is 7.98. The molecule has 2 N–H and O–H groups in total. The molecular formula is C21H23N5O6. The molecule has 1 amide bonds. The van der Waals surface area contributed by atoms with Crippen molar-refractivity contribution >= 4 is 29.0 Å². The number of carboxylic acids is 1. The van der Waals surface area contributed by atoms with Crippen LogP contribution < -0.4 is 14.8 Å². The zero-order chi connectivity index (χ0) is 23.2. The fraction of sp³-hybridized carbons (Fsp3) is 0.381. The first-order chi connectivity index (χ1) is 15.1. The monoisotopic (exact) mass is 441 g/mol. The van der Waals surface area contributed by atoms with Gasteiger partial charge in [-0.2, -0.15) is 0 Å². The highest BCUT2D eigenvalue weighted by Crippen LogP contribution is 2.47. The lowest BCUT2D eigenvalue weighted by Crippen LogP contribution is -2.30. The first kappa shape index (κ1) is 21.3. The van der Waals surface area contributed by atoms with Crippen LogP contribution in [0.4, 0.5) is 10.6 Å². The van der Waals surface area contributed by atoms with Crippen molar-refractivity contribution in [2.24, 2.45) is 0 Å². The number of fused-ring (bicyclic) bond motifs is 2. The van der Waals surface area contributed by atoms with E-state index in [1.165, 1.54) is 17.2 Å². The molecule has 0 saturated heterocycles. The van der Waals surface area contributed by atoms with Gasteiger partial charge in [0.05, 0.1) is 6.33 Å².